The van der Waals surface area contributed by atoms with Gasteiger partial charge in [0, 0.05) is 44.9 Å². The Bertz CT molecular complexity index is 771. The third-order valence-electron chi connectivity index (χ3n) is 4.05. The maximum atomic E-state index is 12.8. The molecule has 1 atom stereocenters. The van der Waals surface area contributed by atoms with Crippen LogP contribution in [0.5, 0.6) is 0 Å². The van der Waals surface area contributed by atoms with Crippen LogP contribution in [-0.4, -0.2) is 42.8 Å². The van der Waals surface area contributed by atoms with Crippen molar-refractivity contribution >= 4 is 10.0 Å². The van der Waals surface area contributed by atoms with E-state index in [0.29, 0.717) is 19.7 Å². The average molecular weight is 335 g/mol. The SMILES string of the molecule is COC[C@@H]1CN(S(=O)(=O)Cc2ccccc2)Cc2cn(C)nc21. The van der Waals surface area contributed by atoms with Crippen LogP contribution < -0.4 is 0 Å². The zero-order valence-electron chi connectivity index (χ0n) is 13.3. The van der Waals surface area contributed by atoms with Crippen LogP contribution in [0.3, 0.4) is 0 Å². The molecule has 0 saturated carbocycles. The highest BCUT2D eigenvalue weighted by atomic mass is 32.2. The number of ether oxygens (including phenoxy) is 1. The van der Waals surface area contributed by atoms with E-state index < -0.39 is 10.0 Å². The number of benzene rings is 1. The number of methoxy groups -OCH3 is 1. The first-order valence-corrected chi connectivity index (χ1v) is 9.13. The smallest absolute Gasteiger partial charge is 0.218 e. The molecule has 2 heterocycles. The van der Waals surface area contributed by atoms with Crippen LogP contribution >= 0.6 is 0 Å². The van der Waals surface area contributed by atoms with Gasteiger partial charge in [0.1, 0.15) is 0 Å². The number of rotatable bonds is 5. The molecule has 0 saturated heterocycles. The summed E-state index contributed by atoms with van der Waals surface area (Å²) in [6.45, 7) is 1.24. The zero-order valence-corrected chi connectivity index (χ0v) is 14.2. The molecule has 1 aliphatic rings. The Hall–Kier alpha value is -1.70. The predicted molar refractivity (Wildman–Crippen MR) is 87.3 cm³/mol. The fourth-order valence-electron chi connectivity index (χ4n) is 3.03. The molecule has 0 bridgehead atoms. The van der Waals surface area contributed by atoms with Crippen LogP contribution in [0.4, 0.5) is 0 Å². The maximum absolute atomic E-state index is 12.8. The highest BCUT2D eigenvalue weighted by Crippen LogP contribution is 2.29. The van der Waals surface area contributed by atoms with E-state index in [1.165, 1.54) is 0 Å². The Balaban J connectivity index is 1.85. The molecule has 1 aromatic heterocycles. The van der Waals surface area contributed by atoms with Gasteiger partial charge < -0.3 is 4.74 Å². The van der Waals surface area contributed by atoms with Crippen molar-refractivity contribution in [1.82, 2.24) is 14.1 Å². The minimum Gasteiger partial charge on any atom is -0.384 e. The summed E-state index contributed by atoms with van der Waals surface area (Å²) in [6, 6.07) is 9.27. The van der Waals surface area contributed by atoms with Crippen molar-refractivity contribution in [1.29, 1.82) is 0 Å². The number of fused-ring (bicyclic) bond motifs is 1. The topological polar surface area (TPSA) is 64.4 Å². The molecule has 0 spiro atoms. The standard InChI is InChI=1S/C16H21N3O3S/c1-18-8-14-9-19(10-15(11-22-2)16(14)17-18)23(20,21)12-13-6-4-3-5-7-13/h3-8,15H,9-12H2,1-2H3/t15-/m0/s1. The quantitative estimate of drug-likeness (QED) is 0.830. The van der Waals surface area contributed by atoms with Gasteiger partial charge in [-0.05, 0) is 5.56 Å². The van der Waals surface area contributed by atoms with E-state index in [2.05, 4.69) is 5.10 Å². The van der Waals surface area contributed by atoms with Crippen molar-refractivity contribution in [3.63, 3.8) is 0 Å². The number of nitrogens with zero attached hydrogens (tertiary/aromatic N) is 3. The fraction of sp³-hybridized carbons (Fsp3) is 0.438. The largest absolute Gasteiger partial charge is 0.384 e. The molecular weight excluding hydrogens is 314 g/mol. The van der Waals surface area contributed by atoms with Gasteiger partial charge in [-0.3, -0.25) is 4.68 Å². The van der Waals surface area contributed by atoms with E-state index in [1.54, 1.807) is 16.1 Å². The minimum absolute atomic E-state index is 0.0170. The lowest BCUT2D eigenvalue weighted by Crippen LogP contribution is -2.39. The first kappa shape index (κ1) is 16.2. The lowest BCUT2D eigenvalue weighted by molar-refractivity contribution is 0.161. The Labute approximate surface area is 136 Å². The van der Waals surface area contributed by atoms with Gasteiger partial charge in [-0.1, -0.05) is 30.3 Å². The lowest BCUT2D eigenvalue weighted by Gasteiger charge is -2.30. The van der Waals surface area contributed by atoms with Crippen molar-refractivity contribution < 1.29 is 13.2 Å². The summed E-state index contributed by atoms with van der Waals surface area (Å²) >= 11 is 0. The van der Waals surface area contributed by atoms with Gasteiger partial charge in [-0.2, -0.15) is 9.40 Å². The van der Waals surface area contributed by atoms with Crippen molar-refractivity contribution in [3.8, 4) is 0 Å². The van der Waals surface area contributed by atoms with Crippen LogP contribution in [0, 0.1) is 0 Å². The summed E-state index contributed by atoms with van der Waals surface area (Å²) in [6.07, 6.45) is 1.89. The maximum Gasteiger partial charge on any atom is 0.218 e. The molecule has 1 aromatic carbocycles. The molecule has 6 nitrogen and oxygen atoms in total. The molecule has 0 N–H and O–H groups in total. The van der Waals surface area contributed by atoms with Crippen molar-refractivity contribution in [3.05, 3.63) is 53.3 Å². The molecule has 7 heteroatoms. The van der Waals surface area contributed by atoms with Crippen LogP contribution in [0.2, 0.25) is 0 Å². The van der Waals surface area contributed by atoms with Gasteiger partial charge in [0.25, 0.3) is 0 Å². The summed E-state index contributed by atoms with van der Waals surface area (Å²) in [5.74, 6) is -0.0149. The molecule has 0 aliphatic carbocycles. The van der Waals surface area contributed by atoms with Gasteiger partial charge in [-0.15, -0.1) is 0 Å². The molecular formula is C16H21N3O3S. The predicted octanol–water partition coefficient (Wildman–Crippen LogP) is 1.50. The van der Waals surface area contributed by atoms with Crippen LogP contribution in [0.1, 0.15) is 22.7 Å². The second-order valence-electron chi connectivity index (χ2n) is 5.90. The number of hydrogen-bond donors (Lipinski definition) is 0. The van der Waals surface area contributed by atoms with Crippen LogP contribution in [0.15, 0.2) is 36.5 Å². The molecule has 0 unspecified atom stereocenters. The first-order valence-electron chi connectivity index (χ1n) is 7.52. The normalized spacial score (nSPS) is 18.8. The van der Waals surface area contributed by atoms with E-state index in [0.717, 1.165) is 16.8 Å². The van der Waals surface area contributed by atoms with Crippen molar-refractivity contribution in [2.45, 2.75) is 18.2 Å². The van der Waals surface area contributed by atoms with Gasteiger partial charge >= 0.3 is 0 Å². The van der Waals surface area contributed by atoms with Crippen molar-refractivity contribution in [2.75, 3.05) is 20.3 Å². The molecule has 2 aromatic rings. The molecule has 124 valence electrons. The first-order chi connectivity index (χ1) is 11.0. The Morgan fingerprint density at radius 2 is 2.04 bits per heavy atom. The van der Waals surface area contributed by atoms with Gasteiger partial charge in [0.2, 0.25) is 10.0 Å². The van der Waals surface area contributed by atoms with Gasteiger partial charge in [0.15, 0.2) is 0 Å². The lowest BCUT2D eigenvalue weighted by atomic mass is 9.99. The Morgan fingerprint density at radius 1 is 1.30 bits per heavy atom. The van der Waals surface area contributed by atoms with E-state index >= 15 is 0 Å². The summed E-state index contributed by atoms with van der Waals surface area (Å²) in [7, 11) is 0.0969. The monoisotopic (exact) mass is 335 g/mol. The summed E-state index contributed by atoms with van der Waals surface area (Å²) < 4.78 is 34.1. The number of sulfonamides is 1. The third kappa shape index (κ3) is 3.46. The molecule has 0 amide bonds. The summed E-state index contributed by atoms with van der Waals surface area (Å²) in [5.41, 5.74) is 2.70. The molecule has 1 aliphatic heterocycles. The molecule has 23 heavy (non-hydrogen) atoms. The Morgan fingerprint density at radius 3 is 2.74 bits per heavy atom. The second-order valence-corrected chi connectivity index (χ2v) is 7.87. The molecule has 0 radical (unpaired) electrons. The van der Waals surface area contributed by atoms with E-state index in [4.69, 9.17) is 4.74 Å². The van der Waals surface area contributed by atoms with E-state index in [9.17, 15) is 8.42 Å². The third-order valence-corrected chi connectivity index (χ3v) is 5.81. The minimum atomic E-state index is -3.38. The molecule has 0 fully saturated rings. The van der Waals surface area contributed by atoms with Crippen molar-refractivity contribution in [2.24, 2.45) is 7.05 Å². The highest BCUT2D eigenvalue weighted by molar-refractivity contribution is 7.88. The van der Waals surface area contributed by atoms with Crippen LogP contribution in [-0.2, 0) is 34.1 Å². The van der Waals surface area contributed by atoms with Crippen LogP contribution in [0.25, 0.3) is 0 Å². The number of aromatic nitrogens is 2. The van der Waals surface area contributed by atoms with Gasteiger partial charge in [0.05, 0.1) is 18.1 Å². The zero-order chi connectivity index (χ0) is 16.4. The molecule has 3 rings (SSSR count). The van der Waals surface area contributed by atoms with E-state index in [1.807, 2.05) is 43.6 Å². The fourth-order valence-corrected chi connectivity index (χ4v) is 4.57. The number of hydrogen-bond acceptors (Lipinski definition) is 4. The highest BCUT2D eigenvalue weighted by Gasteiger charge is 2.34. The number of aryl methyl sites for hydroxylation is 1. The Kier molecular flexibility index (Phi) is 4.52. The van der Waals surface area contributed by atoms with Gasteiger partial charge in [-0.25, -0.2) is 8.42 Å². The van der Waals surface area contributed by atoms with E-state index in [-0.39, 0.29) is 11.7 Å². The summed E-state index contributed by atoms with van der Waals surface area (Å²) in [4.78, 5) is 0. The second kappa shape index (κ2) is 6.43. The summed E-state index contributed by atoms with van der Waals surface area (Å²) in [5, 5.41) is 4.47. The average Bonchev–Trinajstić information content (AvgIpc) is 2.88.